The van der Waals surface area contributed by atoms with Crippen molar-refractivity contribution in [1.82, 2.24) is 9.88 Å². The lowest BCUT2D eigenvalue weighted by Gasteiger charge is -2.41. The van der Waals surface area contributed by atoms with Gasteiger partial charge in [0.05, 0.1) is 0 Å². The molecule has 3 fully saturated rings. The molecule has 0 aromatic carbocycles. The summed E-state index contributed by atoms with van der Waals surface area (Å²) in [7, 11) is -1.88. The Kier molecular flexibility index (Phi) is 4.71. The number of halogens is 2. The fraction of sp³-hybridized carbons (Fsp3) is 0.700. The average molecular weight is 459 g/mol. The van der Waals surface area contributed by atoms with Crippen LogP contribution in [0.25, 0.3) is 0 Å². The Bertz CT molecular complexity index is 903. The molecule has 172 valence electrons. The predicted molar refractivity (Wildman–Crippen MR) is 113 cm³/mol. The summed E-state index contributed by atoms with van der Waals surface area (Å²) in [6, 6.07) is 3.61. The Morgan fingerprint density at radius 3 is 2.45 bits per heavy atom. The van der Waals surface area contributed by atoms with Crippen molar-refractivity contribution in [3.63, 3.8) is 0 Å². The van der Waals surface area contributed by atoms with Gasteiger partial charge in [-0.15, -0.1) is 0 Å². The van der Waals surface area contributed by atoms with Crippen molar-refractivity contribution in [3.05, 3.63) is 17.8 Å². The van der Waals surface area contributed by atoms with Gasteiger partial charge in [-0.1, -0.05) is 0 Å². The number of pyridine rings is 1. The molecule has 5 rings (SSSR count). The minimum Gasteiger partial charge on any atom is -0.384 e. The second-order valence-electron chi connectivity index (χ2n) is 9.40. The molecule has 4 aliphatic rings. The van der Waals surface area contributed by atoms with Crippen molar-refractivity contribution in [1.29, 1.82) is 0 Å². The van der Waals surface area contributed by atoms with Crippen molar-refractivity contribution < 1.29 is 27.8 Å². The standard InChI is InChI=1S/C20H28F2N4O4S/c1-11(27)19(28)25-8-13-5-12(6-14(13)9-25)16-3-4-17-18(23-16)24(2)31(29,30)26(17)10-15-7-20(15,21)22/h3-4,11-15,27,29-30H,5-10H2,1-2H3/t11-,12?,13?,14?,15?/m1/s1. The molecule has 3 N–H and O–H groups in total. The smallest absolute Gasteiger partial charge is 0.253 e. The highest BCUT2D eigenvalue weighted by Crippen LogP contribution is 2.62. The van der Waals surface area contributed by atoms with Crippen LogP contribution in [0.15, 0.2) is 12.1 Å². The van der Waals surface area contributed by atoms with E-state index >= 15 is 0 Å². The first-order chi connectivity index (χ1) is 14.5. The lowest BCUT2D eigenvalue weighted by Crippen LogP contribution is -2.36. The largest absolute Gasteiger partial charge is 0.384 e. The Morgan fingerprint density at radius 1 is 1.29 bits per heavy atom. The molecule has 0 bridgehead atoms. The third-order valence-corrected chi connectivity index (χ3v) is 9.13. The van der Waals surface area contributed by atoms with Gasteiger partial charge in [-0.2, -0.15) is 0 Å². The number of nitrogens with zero attached hydrogens (tertiary/aromatic N) is 4. The van der Waals surface area contributed by atoms with E-state index in [1.807, 2.05) is 6.07 Å². The molecule has 31 heavy (non-hydrogen) atoms. The Balaban J connectivity index is 1.32. The van der Waals surface area contributed by atoms with Crippen molar-refractivity contribution >= 4 is 28.4 Å². The summed E-state index contributed by atoms with van der Waals surface area (Å²) < 4.78 is 50.7. The fourth-order valence-corrected chi connectivity index (χ4v) is 6.81. The van der Waals surface area contributed by atoms with Gasteiger partial charge in [0.25, 0.3) is 11.8 Å². The predicted octanol–water partition coefficient (Wildman–Crippen LogP) is 2.91. The average Bonchev–Trinajstić information content (AvgIpc) is 3.01. The second kappa shape index (κ2) is 6.90. The Labute approximate surface area is 181 Å². The Morgan fingerprint density at radius 2 is 1.90 bits per heavy atom. The summed E-state index contributed by atoms with van der Waals surface area (Å²) >= 11 is 0. The topological polar surface area (TPSA) is 100 Å². The molecule has 0 radical (unpaired) electrons. The molecule has 11 heteroatoms. The summed E-state index contributed by atoms with van der Waals surface area (Å²) in [5.74, 6) is -2.53. The monoisotopic (exact) mass is 458 g/mol. The van der Waals surface area contributed by atoms with Crippen LogP contribution in [0, 0.1) is 17.8 Å². The first-order valence-electron chi connectivity index (χ1n) is 10.6. The molecule has 1 aromatic rings. The van der Waals surface area contributed by atoms with E-state index in [4.69, 9.17) is 4.98 Å². The Hall–Kier alpha value is -1.69. The number of likely N-dealkylation sites (tertiary alicyclic amines) is 1. The van der Waals surface area contributed by atoms with Crippen LogP contribution in [0.5, 0.6) is 0 Å². The van der Waals surface area contributed by atoms with Gasteiger partial charge in [0, 0.05) is 50.6 Å². The number of aromatic nitrogens is 1. The lowest BCUT2D eigenvalue weighted by molar-refractivity contribution is -0.138. The van der Waals surface area contributed by atoms with E-state index in [1.165, 1.54) is 22.6 Å². The number of carbonyl (C=O) groups excluding carboxylic acids is 1. The molecule has 1 aromatic heterocycles. The van der Waals surface area contributed by atoms with Gasteiger partial charge >= 0.3 is 0 Å². The van der Waals surface area contributed by atoms with Gasteiger partial charge in [0.15, 0.2) is 5.82 Å². The molecule has 4 atom stereocenters. The van der Waals surface area contributed by atoms with E-state index in [1.54, 1.807) is 11.0 Å². The first kappa shape index (κ1) is 21.2. The van der Waals surface area contributed by atoms with E-state index in [0.29, 0.717) is 36.4 Å². The number of hydrogen-bond donors (Lipinski definition) is 3. The van der Waals surface area contributed by atoms with Gasteiger partial charge in [0.1, 0.15) is 11.8 Å². The zero-order chi connectivity index (χ0) is 22.3. The third kappa shape index (κ3) is 3.37. The summed E-state index contributed by atoms with van der Waals surface area (Å²) in [6.45, 7) is 2.65. The first-order valence-corrected chi connectivity index (χ1v) is 12.1. The van der Waals surface area contributed by atoms with Crippen LogP contribution in [-0.2, 0) is 4.79 Å². The number of carbonyl (C=O) groups is 1. The molecule has 2 aliphatic heterocycles. The summed E-state index contributed by atoms with van der Waals surface area (Å²) in [5, 5.41) is 9.55. The number of amides is 1. The van der Waals surface area contributed by atoms with E-state index in [0.717, 1.165) is 18.5 Å². The van der Waals surface area contributed by atoms with Crippen LogP contribution < -0.4 is 8.61 Å². The molecule has 2 saturated carbocycles. The van der Waals surface area contributed by atoms with E-state index in [9.17, 15) is 27.8 Å². The molecule has 8 nitrogen and oxygen atoms in total. The van der Waals surface area contributed by atoms with Crippen molar-refractivity contribution in [2.45, 2.75) is 44.1 Å². The molecule has 3 heterocycles. The van der Waals surface area contributed by atoms with E-state index < -0.39 is 28.9 Å². The fourth-order valence-electron chi connectivity index (χ4n) is 5.36. The SMILES string of the molecule is C[C@@H](O)C(=O)N1CC2CC(c3ccc4c(n3)N(C)S(O)(O)N4CC3CC3(F)F)CC2C1. The molecule has 2 aliphatic carbocycles. The van der Waals surface area contributed by atoms with E-state index in [-0.39, 0.29) is 24.8 Å². The maximum Gasteiger partial charge on any atom is 0.253 e. The molecule has 3 unspecified atom stereocenters. The van der Waals surface area contributed by atoms with Crippen molar-refractivity contribution in [3.8, 4) is 0 Å². The number of aliphatic hydroxyl groups excluding tert-OH is 1. The van der Waals surface area contributed by atoms with Crippen LogP contribution in [-0.4, -0.2) is 68.7 Å². The second-order valence-corrected chi connectivity index (χ2v) is 11.4. The zero-order valence-electron chi connectivity index (χ0n) is 17.5. The van der Waals surface area contributed by atoms with Crippen LogP contribution in [0.1, 0.15) is 37.8 Å². The number of alkyl halides is 2. The maximum absolute atomic E-state index is 13.4. The normalized spacial score (nSPS) is 34.5. The van der Waals surface area contributed by atoms with Crippen molar-refractivity contribution in [2.75, 3.05) is 35.3 Å². The third-order valence-electron chi connectivity index (χ3n) is 7.29. The van der Waals surface area contributed by atoms with Crippen LogP contribution in [0.3, 0.4) is 0 Å². The number of anilines is 2. The zero-order valence-corrected chi connectivity index (χ0v) is 18.3. The molecule has 1 amide bonds. The summed E-state index contributed by atoms with van der Waals surface area (Å²) in [6.07, 6.45) is 0.529. The van der Waals surface area contributed by atoms with Crippen LogP contribution >= 0.6 is 11.0 Å². The number of fused-ring (bicyclic) bond motifs is 2. The highest BCUT2D eigenvalue weighted by atomic mass is 32.3. The quantitative estimate of drug-likeness (QED) is 0.638. The van der Waals surface area contributed by atoms with Gasteiger partial charge < -0.3 is 10.0 Å². The van der Waals surface area contributed by atoms with Crippen LogP contribution in [0.2, 0.25) is 0 Å². The minimum atomic E-state index is -3.41. The summed E-state index contributed by atoms with van der Waals surface area (Å²) in [5.41, 5.74) is 1.32. The number of aliphatic hydroxyl groups is 1. The van der Waals surface area contributed by atoms with Gasteiger partial charge in [-0.25, -0.2) is 22.4 Å². The highest BCUT2D eigenvalue weighted by molar-refractivity contribution is 8.26. The maximum atomic E-state index is 13.4. The van der Waals surface area contributed by atoms with E-state index in [2.05, 4.69) is 0 Å². The van der Waals surface area contributed by atoms with Crippen molar-refractivity contribution in [2.24, 2.45) is 17.8 Å². The van der Waals surface area contributed by atoms with Crippen LogP contribution in [0.4, 0.5) is 20.3 Å². The lowest BCUT2D eigenvalue weighted by atomic mass is 10.0. The van der Waals surface area contributed by atoms with Gasteiger partial charge in [-0.05, 0) is 54.7 Å². The number of hydrogen-bond acceptors (Lipinski definition) is 7. The molecule has 0 spiro atoms. The van der Waals surface area contributed by atoms with Gasteiger partial charge in [-0.3, -0.25) is 13.9 Å². The minimum absolute atomic E-state index is 0.117. The number of rotatable bonds is 4. The molecular formula is C20H28F2N4O4S. The highest BCUT2D eigenvalue weighted by Gasteiger charge is 2.59. The summed E-state index contributed by atoms with van der Waals surface area (Å²) in [4.78, 5) is 18.5. The van der Waals surface area contributed by atoms with Gasteiger partial charge in [0.2, 0.25) is 0 Å². The molecular weight excluding hydrogens is 430 g/mol. The molecule has 1 saturated heterocycles.